The van der Waals surface area contributed by atoms with Crippen molar-refractivity contribution < 1.29 is 8.81 Å². The van der Waals surface area contributed by atoms with Gasteiger partial charge in [0.2, 0.25) is 11.8 Å². The van der Waals surface area contributed by atoms with Crippen LogP contribution in [0.5, 0.6) is 0 Å². The van der Waals surface area contributed by atoms with Crippen molar-refractivity contribution in [2.75, 3.05) is 5.32 Å². The molecule has 134 valence electrons. The zero-order valence-electron chi connectivity index (χ0n) is 14.1. The van der Waals surface area contributed by atoms with Gasteiger partial charge in [0.25, 0.3) is 0 Å². The first-order valence-electron chi connectivity index (χ1n) is 8.36. The Morgan fingerprint density at radius 2 is 1.56 bits per heavy atom. The van der Waals surface area contributed by atoms with Crippen LogP contribution >= 0.6 is 11.6 Å². The van der Waals surface area contributed by atoms with Gasteiger partial charge in [-0.1, -0.05) is 48.0 Å². The van der Waals surface area contributed by atoms with Crippen LogP contribution in [0.3, 0.4) is 0 Å². The molecule has 3 aromatic carbocycles. The van der Waals surface area contributed by atoms with E-state index >= 15 is 0 Å². The average Bonchev–Trinajstić information content (AvgIpc) is 3.19. The lowest BCUT2D eigenvalue weighted by atomic mass is 10.1. The third-order valence-corrected chi connectivity index (χ3v) is 4.33. The monoisotopic (exact) mass is 379 g/mol. The first kappa shape index (κ1) is 17.2. The third-order valence-electron chi connectivity index (χ3n) is 4.08. The van der Waals surface area contributed by atoms with Crippen molar-refractivity contribution in [3.8, 4) is 11.5 Å². The van der Waals surface area contributed by atoms with Crippen molar-refractivity contribution in [3.63, 3.8) is 0 Å². The summed E-state index contributed by atoms with van der Waals surface area (Å²) in [5, 5.41) is 12.1. The normalized spacial score (nSPS) is 11.9. The van der Waals surface area contributed by atoms with E-state index in [9.17, 15) is 4.39 Å². The van der Waals surface area contributed by atoms with Gasteiger partial charge in [0.1, 0.15) is 11.9 Å². The topological polar surface area (TPSA) is 51.0 Å². The Morgan fingerprint density at radius 3 is 2.30 bits per heavy atom. The fourth-order valence-electron chi connectivity index (χ4n) is 2.74. The molecule has 0 radical (unpaired) electrons. The van der Waals surface area contributed by atoms with Crippen molar-refractivity contribution in [2.24, 2.45) is 0 Å². The highest BCUT2D eigenvalue weighted by Crippen LogP contribution is 2.30. The van der Waals surface area contributed by atoms with E-state index in [0.717, 1.165) is 11.3 Å². The summed E-state index contributed by atoms with van der Waals surface area (Å²) in [5.74, 6) is 0.294. The Bertz CT molecular complexity index is 1030. The summed E-state index contributed by atoms with van der Waals surface area (Å²) in [6, 6.07) is 22.4. The molecule has 6 heteroatoms. The fraction of sp³-hybridized carbons (Fsp3) is 0.0476. The van der Waals surface area contributed by atoms with Crippen LogP contribution in [-0.4, -0.2) is 10.2 Å². The van der Waals surface area contributed by atoms with Crippen LogP contribution in [0.25, 0.3) is 11.5 Å². The second-order valence-electron chi connectivity index (χ2n) is 5.92. The molecule has 1 atom stereocenters. The van der Waals surface area contributed by atoms with E-state index in [1.807, 2.05) is 42.5 Å². The number of benzene rings is 3. The minimum Gasteiger partial charge on any atom is -0.418 e. The third kappa shape index (κ3) is 3.83. The molecule has 0 amide bonds. The molecule has 27 heavy (non-hydrogen) atoms. The van der Waals surface area contributed by atoms with E-state index in [-0.39, 0.29) is 11.7 Å². The molecule has 0 aliphatic heterocycles. The van der Waals surface area contributed by atoms with Crippen LogP contribution < -0.4 is 5.32 Å². The summed E-state index contributed by atoms with van der Waals surface area (Å²) in [4.78, 5) is 0. The van der Waals surface area contributed by atoms with Crippen molar-refractivity contribution >= 4 is 17.3 Å². The highest BCUT2D eigenvalue weighted by molar-refractivity contribution is 6.30. The molecule has 1 heterocycles. The van der Waals surface area contributed by atoms with E-state index in [1.165, 1.54) is 6.07 Å². The molecular formula is C21H15ClFN3O. The lowest BCUT2D eigenvalue weighted by molar-refractivity contribution is 0.485. The van der Waals surface area contributed by atoms with Crippen molar-refractivity contribution in [1.29, 1.82) is 0 Å². The van der Waals surface area contributed by atoms with Gasteiger partial charge in [-0.05, 0) is 42.5 Å². The summed E-state index contributed by atoms with van der Waals surface area (Å²) < 4.78 is 20.3. The molecule has 0 aliphatic carbocycles. The maximum Gasteiger partial charge on any atom is 0.247 e. The predicted octanol–water partition coefficient (Wildman–Crippen LogP) is 5.73. The number of rotatable bonds is 5. The summed E-state index contributed by atoms with van der Waals surface area (Å²) in [5.41, 5.74) is 1.97. The number of hydrogen-bond donors (Lipinski definition) is 1. The Labute approximate surface area is 160 Å². The molecule has 0 bridgehead atoms. The van der Waals surface area contributed by atoms with E-state index in [2.05, 4.69) is 15.5 Å². The quantitative estimate of drug-likeness (QED) is 0.481. The summed E-state index contributed by atoms with van der Waals surface area (Å²) >= 11 is 5.95. The van der Waals surface area contributed by atoms with Gasteiger partial charge in [-0.25, -0.2) is 4.39 Å². The largest absolute Gasteiger partial charge is 0.418 e. The van der Waals surface area contributed by atoms with Crippen LogP contribution in [0.4, 0.5) is 10.1 Å². The highest BCUT2D eigenvalue weighted by Gasteiger charge is 2.24. The van der Waals surface area contributed by atoms with E-state index in [4.69, 9.17) is 16.0 Å². The Hall–Kier alpha value is -3.18. The highest BCUT2D eigenvalue weighted by atomic mass is 35.5. The molecule has 0 saturated heterocycles. The minimum atomic E-state index is -0.641. The van der Waals surface area contributed by atoms with Crippen molar-refractivity contribution in [3.05, 3.63) is 101 Å². The van der Waals surface area contributed by atoms with Crippen LogP contribution in [0, 0.1) is 5.82 Å². The first-order chi connectivity index (χ1) is 13.2. The van der Waals surface area contributed by atoms with Crippen LogP contribution in [-0.2, 0) is 0 Å². The lowest BCUT2D eigenvalue weighted by Gasteiger charge is -2.17. The number of nitrogens with zero attached hydrogens (tertiary/aromatic N) is 2. The molecule has 0 aliphatic rings. The standard InChI is InChI=1S/C21H15ClFN3O/c22-15-10-12-16(13-11-15)24-19(17-8-4-5-9-18(17)23)21-26-25-20(27-21)14-6-2-1-3-7-14/h1-13,19,24H. The Kier molecular flexibility index (Phi) is 4.85. The molecule has 0 saturated carbocycles. The van der Waals surface area contributed by atoms with Crippen LogP contribution in [0.1, 0.15) is 17.5 Å². The molecule has 4 aromatic rings. The molecule has 4 rings (SSSR count). The van der Waals surface area contributed by atoms with Gasteiger partial charge in [0, 0.05) is 21.8 Å². The number of nitrogens with one attached hydrogen (secondary N) is 1. The van der Waals surface area contributed by atoms with Crippen molar-refractivity contribution in [1.82, 2.24) is 10.2 Å². The second-order valence-corrected chi connectivity index (χ2v) is 6.35. The zero-order chi connectivity index (χ0) is 18.6. The smallest absolute Gasteiger partial charge is 0.247 e. The predicted molar refractivity (Wildman–Crippen MR) is 103 cm³/mol. The van der Waals surface area contributed by atoms with Gasteiger partial charge in [-0.2, -0.15) is 0 Å². The van der Waals surface area contributed by atoms with Gasteiger partial charge in [0.05, 0.1) is 0 Å². The van der Waals surface area contributed by atoms with Crippen LogP contribution in [0.15, 0.2) is 83.3 Å². The zero-order valence-corrected chi connectivity index (χ0v) is 14.9. The number of aromatic nitrogens is 2. The van der Waals surface area contributed by atoms with E-state index in [1.54, 1.807) is 30.3 Å². The molecular weight excluding hydrogens is 365 g/mol. The SMILES string of the molecule is Fc1ccccc1C(Nc1ccc(Cl)cc1)c1nnc(-c2ccccc2)o1. The minimum absolute atomic E-state index is 0.272. The lowest BCUT2D eigenvalue weighted by Crippen LogP contribution is -2.14. The van der Waals surface area contributed by atoms with Gasteiger partial charge >= 0.3 is 0 Å². The molecule has 0 spiro atoms. The number of anilines is 1. The van der Waals surface area contributed by atoms with E-state index in [0.29, 0.717) is 16.5 Å². The van der Waals surface area contributed by atoms with Gasteiger partial charge in [0.15, 0.2) is 0 Å². The summed E-state index contributed by atoms with van der Waals surface area (Å²) in [7, 11) is 0. The second kappa shape index (κ2) is 7.60. The summed E-state index contributed by atoms with van der Waals surface area (Å²) in [6.07, 6.45) is 0. The molecule has 0 fully saturated rings. The Balaban J connectivity index is 1.73. The average molecular weight is 380 g/mol. The van der Waals surface area contributed by atoms with Crippen LogP contribution in [0.2, 0.25) is 5.02 Å². The van der Waals surface area contributed by atoms with E-state index < -0.39 is 6.04 Å². The Morgan fingerprint density at radius 1 is 0.852 bits per heavy atom. The van der Waals surface area contributed by atoms with Gasteiger partial charge in [-0.15, -0.1) is 10.2 Å². The van der Waals surface area contributed by atoms with Gasteiger partial charge in [-0.3, -0.25) is 0 Å². The molecule has 1 N–H and O–H groups in total. The molecule has 1 aromatic heterocycles. The number of hydrogen-bond acceptors (Lipinski definition) is 4. The maximum atomic E-state index is 14.5. The molecule has 4 nitrogen and oxygen atoms in total. The first-order valence-corrected chi connectivity index (χ1v) is 8.74. The van der Waals surface area contributed by atoms with Gasteiger partial charge < -0.3 is 9.73 Å². The summed E-state index contributed by atoms with van der Waals surface area (Å²) in [6.45, 7) is 0. The maximum absolute atomic E-state index is 14.5. The number of halogens is 2. The fourth-order valence-corrected chi connectivity index (χ4v) is 2.87. The van der Waals surface area contributed by atoms with Crippen molar-refractivity contribution in [2.45, 2.75) is 6.04 Å². The molecule has 1 unspecified atom stereocenters.